The van der Waals surface area contributed by atoms with Crippen LogP contribution < -0.4 is 24.3 Å². The molecular formula is C23H27N3O7S. The SMILES string of the molecule is C[C@@H](NC(=O)CN1CCN(S(=O)(=O)c2ccc3c(c2)OCCO3)CC1)c1ccc2c(c1)OCO2. The van der Waals surface area contributed by atoms with Gasteiger partial charge in [-0.2, -0.15) is 4.31 Å². The van der Waals surface area contributed by atoms with Gasteiger partial charge < -0.3 is 24.3 Å². The van der Waals surface area contributed by atoms with E-state index in [0.717, 1.165) is 5.56 Å². The molecule has 2 aromatic carbocycles. The highest BCUT2D eigenvalue weighted by atomic mass is 32.2. The van der Waals surface area contributed by atoms with Crippen molar-refractivity contribution < 1.29 is 32.2 Å². The van der Waals surface area contributed by atoms with Crippen molar-refractivity contribution in [3.8, 4) is 23.0 Å². The molecule has 0 spiro atoms. The summed E-state index contributed by atoms with van der Waals surface area (Å²) >= 11 is 0. The second-order valence-electron chi connectivity index (χ2n) is 8.39. The van der Waals surface area contributed by atoms with Crippen LogP contribution in [0.25, 0.3) is 0 Å². The molecule has 0 saturated carbocycles. The topological polar surface area (TPSA) is 107 Å². The molecule has 182 valence electrons. The van der Waals surface area contributed by atoms with Crippen molar-refractivity contribution in [3.63, 3.8) is 0 Å². The van der Waals surface area contributed by atoms with Crippen LogP contribution in [0.2, 0.25) is 0 Å². The van der Waals surface area contributed by atoms with Gasteiger partial charge in [0.1, 0.15) is 13.2 Å². The molecular weight excluding hydrogens is 462 g/mol. The second kappa shape index (κ2) is 9.32. The fourth-order valence-corrected chi connectivity index (χ4v) is 5.66. The molecule has 0 aliphatic carbocycles. The molecule has 5 rings (SSSR count). The molecule has 10 nitrogen and oxygen atoms in total. The maximum atomic E-state index is 13.1. The zero-order valence-electron chi connectivity index (χ0n) is 18.9. The van der Waals surface area contributed by atoms with E-state index in [2.05, 4.69) is 5.32 Å². The lowest BCUT2D eigenvalue weighted by Crippen LogP contribution is -2.51. The lowest BCUT2D eigenvalue weighted by atomic mass is 10.1. The van der Waals surface area contributed by atoms with Crippen LogP contribution in [0.5, 0.6) is 23.0 Å². The minimum atomic E-state index is -3.66. The molecule has 1 atom stereocenters. The molecule has 0 radical (unpaired) electrons. The number of nitrogens with one attached hydrogen (secondary N) is 1. The Hall–Kier alpha value is -3.02. The Morgan fingerprint density at radius 3 is 2.35 bits per heavy atom. The van der Waals surface area contributed by atoms with Gasteiger partial charge in [0, 0.05) is 32.2 Å². The fourth-order valence-electron chi connectivity index (χ4n) is 4.22. The third-order valence-corrected chi connectivity index (χ3v) is 8.02. The number of benzene rings is 2. The van der Waals surface area contributed by atoms with E-state index in [-0.39, 0.29) is 30.2 Å². The largest absolute Gasteiger partial charge is 0.486 e. The summed E-state index contributed by atoms with van der Waals surface area (Å²) in [5, 5.41) is 3.00. The van der Waals surface area contributed by atoms with Gasteiger partial charge >= 0.3 is 0 Å². The number of carbonyl (C=O) groups is 1. The molecule has 2 aromatic rings. The van der Waals surface area contributed by atoms with E-state index >= 15 is 0 Å². The standard InChI is InChI=1S/C23H27N3O7S/c1-16(17-2-4-20-21(12-17)33-15-32-20)24-23(27)14-25-6-8-26(9-7-25)34(28,29)18-3-5-19-22(13-18)31-11-10-30-19/h2-5,12-13,16H,6-11,14-15H2,1H3,(H,24,27)/t16-/m1/s1. The summed E-state index contributed by atoms with van der Waals surface area (Å²) in [5.41, 5.74) is 0.924. The number of amides is 1. The molecule has 3 aliphatic rings. The number of fused-ring (bicyclic) bond motifs is 2. The number of sulfonamides is 1. The first-order valence-corrected chi connectivity index (χ1v) is 12.7. The first-order chi connectivity index (χ1) is 16.4. The van der Waals surface area contributed by atoms with Gasteiger partial charge in [-0.1, -0.05) is 6.07 Å². The lowest BCUT2D eigenvalue weighted by molar-refractivity contribution is -0.123. The minimum absolute atomic E-state index is 0.117. The van der Waals surface area contributed by atoms with E-state index in [9.17, 15) is 13.2 Å². The van der Waals surface area contributed by atoms with Crippen molar-refractivity contribution >= 4 is 15.9 Å². The van der Waals surface area contributed by atoms with Gasteiger partial charge in [-0.25, -0.2) is 8.42 Å². The average Bonchev–Trinajstić information content (AvgIpc) is 3.32. The van der Waals surface area contributed by atoms with E-state index in [0.29, 0.717) is 62.4 Å². The Balaban J connectivity index is 1.14. The van der Waals surface area contributed by atoms with Crippen LogP contribution in [0, 0.1) is 0 Å². The predicted octanol–water partition coefficient (Wildman–Crippen LogP) is 1.37. The Kier molecular flexibility index (Phi) is 6.24. The van der Waals surface area contributed by atoms with Gasteiger partial charge in [0.25, 0.3) is 0 Å². The molecule has 11 heteroatoms. The van der Waals surface area contributed by atoms with Crippen molar-refractivity contribution in [1.82, 2.24) is 14.5 Å². The van der Waals surface area contributed by atoms with Crippen LogP contribution in [0.15, 0.2) is 41.3 Å². The smallest absolute Gasteiger partial charge is 0.243 e. The minimum Gasteiger partial charge on any atom is -0.486 e. The molecule has 0 unspecified atom stereocenters. The first kappa shape index (κ1) is 22.8. The van der Waals surface area contributed by atoms with Crippen LogP contribution in [0.3, 0.4) is 0 Å². The highest BCUT2D eigenvalue weighted by molar-refractivity contribution is 7.89. The number of ether oxygens (including phenoxy) is 4. The zero-order valence-corrected chi connectivity index (χ0v) is 19.7. The quantitative estimate of drug-likeness (QED) is 0.649. The number of carbonyl (C=O) groups excluding carboxylic acids is 1. The van der Waals surface area contributed by atoms with Crippen molar-refractivity contribution in [3.05, 3.63) is 42.0 Å². The van der Waals surface area contributed by atoms with E-state index in [1.807, 2.05) is 30.0 Å². The Bertz CT molecular complexity index is 1180. The molecule has 34 heavy (non-hydrogen) atoms. The molecule has 1 fully saturated rings. The van der Waals surface area contributed by atoms with Gasteiger partial charge in [0.15, 0.2) is 23.0 Å². The maximum absolute atomic E-state index is 13.1. The third-order valence-electron chi connectivity index (χ3n) is 6.12. The van der Waals surface area contributed by atoms with Crippen LogP contribution in [-0.2, 0) is 14.8 Å². The fraction of sp³-hybridized carbons (Fsp3) is 0.435. The van der Waals surface area contributed by atoms with E-state index in [1.54, 1.807) is 12.1 Å². The molecule has 0 bridgehead atoms. The van der Waals surface area contributed by atoms with Crippen molar-refractivity contribution in [2.45, 2.75) is 17.9 Å². The lowest BCUT2D eigenvalue weighted by Gasteiger charge is -2.33. The van der Waals surface area contributed by atoms with Gasteiger partial charge in [0.2, 0.25) is 22.7 Å². The Morgan fingerprint density at radius 2 is 1.56 bits per heavy atom. The van der Waals surface area contributed by atoms with Crippen molar-refractivity contribution in [2.75, 3.05) is 52.7 Å². The highest BCUT2D eigenvalue weighted by Gasteiger charge is 2.30. The maximum Gasteiger partial charge on any atom is 0.243 e. The molecule has 1 saturated heterocycles. The summed E-state index contributed by atoms with van der Waals surface area (Å²) in [6.45, 7) is 4.71. The van der Waals surface area contributed by atoms with Crippen LogP contribution in [0.1, 0.15) is 18.5 Å². The summed E-state index contributed by atoms with van der Waals surface area (Å²) in [6.07, 6.45) is 0. The van der Waals surface area contributed by atoms with Crippen molar-refractivity contribution in [1.29, 1.82) is 0 Å². The number of hydrogen-bond donors (Lipinski definition) is 1. The molecule has 3 heterocycles. The molecule has 0 aromatic heterocycles. The van der Waals surface area contributed by atoms with Gasteiger partial charge in [0.05, 0.1) is 17.5 Å². The Morgan fingerprint density at radius 1 is 0.912 bits per heavy atom. The second-order valence-corrected chi connectivity index (χ2v) is 10.3. The first-order valence-electron chi connectivity index (χ1n) is 11.2. The number of rotatable bonds is 6. The summed E-state index contributed by atoms with van der Waals surface area (Å²) < 4.78 is 49.4. The third kappa shape index (κ3) is 4.63. The number of piperazine rings is 1. The molecule has 3 aliphatic heterocycles. The summed E-state index contributed by atoms with van der Waals surface area (Å²) in [6, 6.07) is 10.1. The Labute approximate surface area is 198 Å². The van der Waals surface area contributed by atoms with E-state index in [1.165, 1.54) is 10.4 Å². The van der Waals surface area contributed by atoms with Crippen LogP contribution in [0.4, 0.5) is 0 Å². The summed E-state index contributed by atoms with van der Waals surface area (Å²) in [7, 11) is -3.66. The predicted molar refractivity (Wildman–Crippen MR) is 122 cm³/mol. The zero-order chi connectivity index (χ0) is 23.7. The van der Waals surface area contributed by atoms with Crippen molar-refractivity contribution in [2.24, 2.45) is 0 Å². The van der Waals surface area contributed by atoms with Crippen LogP contribution >= 0.6 is 0 Å². The molecule has 1 N–H and O–H groups in total. The van der Waals surface area contributed by atoms with E-state index in [4.69, 9.17) is 18.9 Å². The molecule has 1 amide bonds. The summed E-state index contributed by atoms with van der Waals surface area (Å²) in [4.78, 5) is 14.7. The number of hydrogen-bond acceptors (Lipinski definition) is 8. The number of nitrogens with zero attached hydrogens (tertiary/aromatic N) is 2. The van der Waals surface area contributed by atoms with Gasteiger partial charge in [-0.05, 0) is 36.8 Å². The van der Waals surface area contributed by atoms with Gasteiger partial charge in [-0.15, -0.1) is 0 Å². The average molecular weight is 490 g/mol. The van der Waals surface area contributed by atoms with Gasteiger partial charge in [-0.3, -0.25) is 9.69 Å². The highest BCUT2D eigenvalue weighted by Crippen LogP contribution is 2.34. The normalized spacial score (nSPS) is 19.0. The monoisotopic (exact) mass is 489 g/mol. The van der Waals surface area contributed by atoms with Crippen LogP contribution in [-0.4, -0.2) is 76.3 Å². The van der Waals surface area contributed by atoms with E-state index < -0.39 is 10.0 Å². The summed E-state index contributed by atoms with van der Waals surface area (Å²) in [5.74, 6) is 2.25.